The molecule has 1 fully saturated rings. The molecule has 1 aromatic carbocycles. The van der Waals surface area contributed by atoms with Crippen molar-refractivity contribution in [2.45, 2.75) is 13.5 Å². The monoisotopic (exact) mass is 417 g/mol. The number of hydrogen-bond acceptors (Lipinski definition) is 5. The molecule has 0 saturated carbocycles. The van der Waals surface area contributed by atoms with Crippen molar-refractivity contribution in [1.29, 1.82) is 0 Å². The van der Waals surface area contributed by atoms with Gasteiger partial charge in [-0.05, 0) is 41.4 Å². The van der Waals surface area contributed by atoms with Crippen LogP contribution in [0.25, 0.3) is 10.6 Å². The summed E-state index contributed by atoms with van der Waals surface area (Å²) < 4.78 is 0. The van der Waals surface area contributed by atoms with Gasteiger partial charge in [0.15, 0.2) is 0 Å². The highest BCUT2D eigenvalue weighted by Crippen LogP contribution is 2.30. The van der Waals surface area contributed by atoms with Crippen molar-refractivity contribution in [3.05, 3.63) is 62.2 Å². The highest BCUT2D eigenvalue weighted by molar-refractivity contribution is 7.17. The van der Waals surface area contributed by atoms with E-state index in [1.165, 1.54) is 16.9 Å². The van der Waals surface area contributed by atoms with E-state index in [1.54, 1.807) is 11.3 Å². The molecule has 3 heterocycles. The Bertz CT molecular complexity index is 931. The zero-order chi connectivity index (χ0) is 18.8. The van der Waals surface area contributed by atoms with E-state index in [2.05, 4.69) is 26.7 Å². The Morgan fingerprint density at radius 2 is 2.04 bits per heavy atom. The molecule has 1 aliphatic heterocycles. The Hall–Kier alpha value is -1.73. The number of hydrogen-bond donors (Lipinski definition) is 0. The number of aromatic nitrogens is 1. The smallest absolute Gasteiger partial charge is 0.265 e. The Labute approximate surface area is 172 Å². The second-order valence-electron chi connectivity index (χ2n) is 6.64. The highest BCUT2D eigenvalue weighted by Gasteiger charge is 2.25. The van der Waals surface area contributed by atoms with Gasteiger partial charge in [0, 0.05) is 43.3 Å². The van der Waals surface area contributed by atoms with Gasteiger partial charge in [0.05, 0.1) is 5.69 Å². The van der Waals surface area contributed by atoms with E-state index >= 15 is 0 Å². The highest BCUT2D eigenvalue weighted by atomic mass is 35.5. The number of halogens is 1. The Kier molecular flexibility index (Phi) is 5.59. The van der Waals surface area contributed by atoms with Gasteiger partial charge in [-0.15, -0.1) is 11.3 Å². The molecule has 0 spiro atoms. The Morgan fingerprint density at radius 3 is 2.74 bits per heavy atom. The molecule has 0 bridgehead atoms. The molecule has 4 nitrogen and oxygen atoms in total. The number of carbonyl (C=O) groups is 1. The normalized spacial score (nSPS) is 15.3. The van der Waals surface area contributed by atoms with Gasteiger partial charge < -0.3 is 4.90 Å². The topological polar surface area (TPSA) is 36.4 Å². The van der Waals surface area contributed by atoms with Gasteiger partial charge in [0.25, 0.3) is 5.91 Å². The molecule has 27 heavy (non-hydrogen) atoms. The summed E-state index contributed by atoms with van der Waals surface area (Å²) in [6, 6.07) is 9.77. The van der Waals surface area contributed by atoms with E-state index in [4.69, 9.17) is 11.6 Å². The summed E-state index contributed by atoms with van der Waals surface area (Å²) in [5.41, 5.74) is 3.10. The summed E-state index contributed by atoms with van der Waals surface area (Å²) in [6.45, 7) is 6.19. The summed E-state index contributed by atoms with van der Waals surface area (Å²) in [6.07, 6.45) is 0. The third-order valence-electron chi connectivity index (χ3n) is 4.71. The molecule has 2 aromatic heterocycles. The maximum Gasteiger partial charge on any atom is 0.265 e. The van der Waals surface area contributed by atoms with E-state index in [-0.39, 0.29) is 5.91 Å². The lowest BCUT2D eigenvalue weighted by atomic mass is 10.2. The SMILES string of the molecule is Cc1nc(-c2cccc(Cl)c2)sc1C(=O)N1CCN(Cc2ccsc2)CC1. The lowest BCUT2D eigenvalue weighted by molar-refractivity contribution is 0.0632. The van der Waals surface area contributed by atoms with E-state index in [0.717, 1.165) is 53.9 Å². The van der Waals surface area contributed by atoms with Gasteiger partial charge in [0.1, 0.15) is 9.88 Å². The first-order chi connectivity index (χ1) is 13.1. The first-order valence-electron chi connectivity index (χ1n) is 8.86. The maximum absolute atomic E-state index is 13.0. The van der Waals surface area contributed by atoms with Crippen molar-refractivity contribution in [3.8, 4) is 10.6 Å². The Morgan fingerprint density at radius 1 is 1.22 bits per heavy atom. The molecular formula is C20H20ClN3OS2. The van der Waals surface area contributed by atoms with Gasteiger partial charge in [-0.1, -0.05) is 23.7 Å². The zero-order valence-corrected chi connectivity index (χ0v) is 17.4. The fourth-order valence-electron chi connectivity index (χ4n) is 3.23. The lowest BCUT2D eigenvalue weighted by Gasteiger charge is -2.34. The Balaban J connectivity index is 1.43. The standard InChI is InChI=1S/C20H20ClN3OS2/c1-14-18(27-19(22-14)16-3-2-4-17(21)11-16)20(25)24-8-6-23(7-9-24)12-15-5-10-26-13-15/h2-5,10-11,13H,6-9,12H2,1H3. The van der Waals surface area contributed by atoms with Gasteiger partial charge in [0.2, 0.25) is 0 Å². The van der Waals surface area contributed by atoms with E-state index < -0.39 is 0 Å². The molecule has 7 heteroatoms. The first kappa shape index (κ1) is 18.6. The maximum atomic E-state index is 13.0. The summed E-state index contributed by atoms with van der Waals surface area (Å²) in [5.74, 6) is 0.0912. The first-order valence-corrected chi connectivity index (χ1v) is 11.0. The molecular weight excluding hydrogens is 398 g/mol. The van der Waals surface area contributed by atoms with Crippen LogP contribution in [0.5, 0.6) is 0 Å². The molecule has 0 unspecified atom stereocenters. The number of rotatable bonds is 4. The van der Waals surface area contributed by atoms with Gasteiger partial charge in [-0.2, -0.15) is 11.3 Å². The van der Waals surface area contributed by atoms with Crippen molar-refractivity contribution >= 4 is 40.2 Å². The predicted molar refractivity (Wildman–Crippen MR) is 113 cm³/mol. The van der Waals surface area contributed by atoms with Gasteiger partial charge >= 0.3 is 0 Å². The van der Waals surface area contributed by atoms with Crippen LogP contribution in [0.4, 0.5) is 0 Å². The third-order valence-corrected chi connectivity index (χ3v) is 6.87. The van der Waals surface area contributed by atoms with Crippen LogP contribution >= 0.6 is 34.3 Å². The summed E-state index contributed by atoms with van der Waals surface area (Å²) in [7, 11) is 0. The van der Waals surface area contributed by atoms with Gasteiger partial charge in [-0.25, -0.2) is 4.98 Å². The summed E-state index contributed by atoms with van der Waals surface area (Å²) in [4.78, 5) is 22.7. The molecule has 1 saturated heterocycles. The minimum atomic E-state index is 0.0912. The number of piperazine rings is 1. The van der Waals surface area contributed by atoms with Crippen LogP contribution in [0.3, 0.4) is 0 Å². The van der Waals surface area contributed by atoms with Crippen molar-refractivity contribution in [3.63, 3.8) is 0 Å². The number of thiazole rings is 1. The quantitative estimate of drug-likeness (QED) is 0.612. The second-order valence-corrected chi connectivity index (χ2v) is 8.86. The van der Waals surface area contributed by atoms with Crippen LogP contribution in [0.15, 0.2) is 41.1 Å². The second kappa shape index (κ2) is 8.10. The molecule has 1 amide bonds. The minimum absolute atomic E-state index is 0.0912. The number of benzene rings is 1. The number of nitrogens with zero attached hydrogens (tertiary/aromatic N) is 3. The molecule has 0 N–H and O–H groups in total. The zero-order valence-electron chi connectivity index (χ0n) is 15.0. The summed E-state index contributed by atoms with van der Waals surface area (Å²) >= 11 is 9.27. The molecule has 3 aromatic rings. The van der Waals surface area contributed by atoms with Crippen LogP contribution in [0.2, 0.25) is 5.02 Å². The van der Waals surface area contributed by atoms with Gasteiger partial charge in [-0.3, -0.25) is 9.69 Å². The minimum Gasteiger partial charge on any atom is -0.335 e. The van der Waals surface area contributed by atoms with E-state index in [1.807, 2.05) is 36.1 Å². The van der Waals surface area contributed by atoms with Crippen molar-refractivity contribution < 1.29 is 4.79 Å². The average molecular weight is 418 g/mol. The van der Waals surface area contributed by atoms with Crippen molar-refractivity contribution in [2.24, 2.45) is 0 Å². The molecule has 4 rings (SSSR count). The number of thiophene rings is 1. The molecule has 140 valence electrons. The molecule has 1 aliphatic rings. The molecule has 0 radical (unpaired) electrons. The van der Waals surface area contributed by atoms with Crippen LogP contribution < -0.4 is 0 Å². The third kappa shape index (κ3) is 4.24. The van der Waals surface area contributed by atoms with E-state index in [9.17, 15) is 4.79 Å². The van der Waals surface area contributed by atoms with Crippen LogP contribution in [-0.2, 0) is 6.54 Å². The van der Waals surface area contributed by atoms with Crippen molar-refractivity contribution in [1.82, 2.24) is 14.8 Å². The largest absolute Gasteiger partial charge is 0.335 e. The fourth-order valence-corrected chi connectivity index (χ4v) is 5.11. The lowest BCUT2D eigenvalue weighted by Crippen LogP contribution is -2.48. The summed E-state index contributed by atoms with van der Waals surface area (Å²) in [5, 5.41) is 5.82. The van der Waals surface area contributed by atoms with Crippen LogP contribution in [0.1, 0.15) is 20.9 Å². The number of carbonyl (C=O) groups excluding carboxylic acids is 1. The van der Waals surface area contributed by atoms with Crippen LogP contribution in [-0.4, -0.2) is 46.9 Å². The van der Waals surface area contributed by atoms with Crippen LogP contribution in [0, 0.1) is 6.92 Å². The molecule has 0 atom stereocenters. The number of amides is 1. The fraction of sp³-hybridized carbons (Fsp3) is 0.300. The number of aryl methyl sites for hydroxylation is 1. The average Bonchev–Trinajstić information content (AvgIpc) is 3.31. The van der Waals surface area contributed by atoms with E-state index in [0.29, 0.717) is 5.02 Å². The van der Waals surface area contributed by atoms with Crippen molar-refractivity contribution in [2.75, 3.05) is 26.2 Å². The molecule has 0 aliphatic carbocycles. The predicted octanol–water partition coefficient (Wildman–Crippen LogP) is 4.79.